The number of thioether (sulfide) groups is 1. The Hall–Kier alpha value is -13.5. The molecule has 3 aliphatic rings. The number of carboxylic acids is 1. The summed E-state index contributed by atoms with van der Waals surface area (Å²) in [4.78, 5) is 280. The number of benzene rings is 3. The third-order valence-corrected chi connectivity index (χ3v) is 25.0. The Balaban J connectivity index is 1.09. The normalized spacial score (nSPS) is 24.9. The lowest BCUT2D eigenvalue weighted by molar-refractivity contribution is -0.149. The number of nitrogens with zero attached hydrogens (tertiary/aromatic N) is 6. The van der Waals surface area contributed by atoms with E-state index in [0.29, 0.717) is 70.6 Å². The summed E-state index contributed by atoms with van der Waals surface area (Å²) in [7, 11) is 3.93. The number of H-pyrrole nitrogens is 3. The first-order valence-corrected chi connectivity index (χ1v) is 45.6. The minimum absolute atomic E-state index is 0.0262. The molecule has 0 aliphatic carbocycles. The summed E-state index contributed by atoms with van der Waals surface area (Å²) in [5.74, 6) is -18.9. The van der Waals surface area contributed by atoms with Crippen LogP contribution in [0.15, 0.2) is 97.7 Å². The van der Waals surface area contributed by atoms with Crippen LogP contribution in [0, 0.1) is 0 Å². The number of imidazole rings is 1. The number of aromatic nitrogens is 4. The van der Waals surface area contributed by atoms with Gasteiger partial charge in [0.25, 0.3) is 0 Å². The number of phenols is 1. The maximum absolute atomic E-state index is 15.8. The Labute approximate surface area is 771 Å². The van der Waals surface area contributed by atoms with Crippen molar-refractivity contribution in [3.05, 3.63) is 120 Å². The lowest BCUT2D eigenvalue weighted by Gasteiger charge is -2.36. The number of carbonyl (C=O) groups excluding carboxylic acids is 17. The predicted molar refractivity (Wildman–Crippen MR) is 485 cm³/mol. The smallest absolute Gasteiger partial charge is 0.305 e. The number of para-hydroxylation sites is 2. The van der Waals surface area contributed by atoms with E-state index in [0.717, 1.165) is 26.5 Å². The molecule has 0 spiro atoms. The molecule has 0 unspecified atom stereocenters. The summed E-state index contributed by atoms with van der Waals surface area (Å²) in [6.45, 7) is 4.60. The number of hydrogen-bond donors (Lipinski definition) is 19. The molecule has 6 heterocycles. The zero-order valence-corrected chi connectivity index (χ0v) is 76.2. The summed E-state index contributed by atoms with van der Waals surface area (Å²) in [5.41, 5.74) is 20.3. The first kappa shape index (κ1) is 103. The molecule has 43 nitrogen and oxygen atoms in total. The van der Waals surface area contributed by atoms with E-state index in [1.54, 1.807) is 60.9 Å². The molecule has 0 radical (unpaired) electrons. The van der Waals surface area contributed by atoms with Crippen LogP contribution in [0.25, 0.3) is 21.8 Å². The van der Waals surface area contributed by atoms with Gasteiger partial charge in [-0.05, 0) is 99.9 Å². The Bertz CT molecular complexity index is 5170. The van der Waals surface area contributed by atoms with Crippen molar-refractivity contribution in [2.45, 2.75) is 234 Å². The highest BCUT2D eigenvalue weighted by Crippen LogP contribution is 2.28. The highest BCUT2D eigenvalue weighted by Gasteiger charge is 2.47. The number of aliphatic carboxylic acids is 1. The van der Waals surface area contributed by atoms with Crippen LogP contribution in [0.1, 0.15) is 140 Å². The standard InChI is InChI=1S/C89H122N22O21S/c1-8-10-12-23-70-89(132)108(6)68(22-11-9-2)82(125)98-48(3)76(119)106-67(78(121)96-43-73(92)115)45-133-46-74(116)99-64(34-50-25-27-54(112)28-26-50)85(128)107(5)49(4)77(120)104-66(39-75(117)118)88(131)110-33-17-24-69(110)83(126)103-63(37-53-42-93-47-97-53)81(124)101-61(29-30-72(91)114)87(130)111-44-55(113)38-71(111)84(127)102-62(35-51-40-94-58-20-15-13-18-56(51)58)80(123)100-60(31-32-90)79(122)105-65(86(129)109(70)7)36-52-41-95-59-21-16-14-19-57(52)59/h13-16,18-21,25-28,40-42,47-49,55,60-71,94-95,112-113H,8-12,17,22-24,29-39,43-46,90H2,1-7H3,(H2,91,114)(H2,92,115)(H,93,97)(H,96,121)(H,98,125)(H,99,116)(H,100,123)(H,101,124)(H,102,127)(H,103,126)(H,104,120)(H,105,122)(H,106,119)(H,117,118)/t48-,49-,55+,60-,61-,62-,63-,64-,65-,66-,67-,68-,69-,70-,71-/m0/s1. The number of hydrogen-bond acceptors (Lipinski definition) is 23. The molecule has 3 fully saturated rings. The van der Waals surface area contributed by atoms with E-state index < -0.39 is 247 Å². The van der Waals surface area contributed by atoms with Gasteiger partial charge in [-0.1, -0.05) is 94.5 Å². The number of aliphatic hydroxyl groups excluding tert-OH is 1. The monoisotopic (exact) mass is 1870 g/mol. The van der Waals surface area contributed by atoms with Gasteiger partial charge in [-0.3, -0.25) is 86.3 Å². The Morgan fingerprint density at radius 1 is 0.534 bits per heavy atom. The number of nitrogens with one attached hydrogen (secondary N) is 13. The number of carbonyl (C=O) groups is 18. The Morgan fingerprint density at radius 3 is 1.70 bits per heavy atom. The maximum Gasteiger partial charge on any atom is 0.305 e. The van der Waals surface area contributed by atoms with Gasteiger partial charge < -0.3 is 125 Å². The molecule has 44 heteroatoms. The number of nitrogens with two attached hydrogens (primary N) is 3. The third-order valence-electron chi connectivity index (χ3n) is 23.9. The molecule has 0 saturated carbocycles. The Morgan fingerprint density at radius 2 is 1.09 bits per heavy atom. The van der Waals surface area contributed by atoms with E-state index in [2.05, 4.69) is 73.1 Å². The predicted octanol–water partition coefficient (Wildman–Crippen LogP) is -2.61. The molecule has 3 aromatic carbocycles. The van der Waals surface area contributed by atoms with E-state index in [-0.39, 0.29) is 82.3 Å². The van der Waals surface area contributed by atoms with Crippen LogP contribution in [-0.4, -0.2) is 316 Å². The SMILES string of the molecule is CCCCC[C@H]1C(=O)N(C)[C@@H](CCCC)C(=O)N[C@@H](C)C(=O)N[C@H](C(=O)NCC(N)=O)CSCC(=O)N[C@@H](Cc2ccc(O)cc2)C(=O)N(C)[C@@H](C)C(=O)N[C@@H](CC(=O)O)C(=O)N2CCC[C@H]2C(=O)N[C@@H](Cc2cnc[nH]2)C(=O)N[C@@H](CCC(N)=O)C(=O)N2C[C@H](O)C[C@H]2C(=O)N[C@@H](Cc2c[nH]c3ccccc23)C(=O)N[C@@H](CCN)C(=O)N[C@@H](Cc2c[nH]c3ccccc23)C(=O)N1C. The van der Waals surface area contributed by atoms with Crippen molar-refractivity contribution in [3.63, 3.8) is 0 Å². The van der Waals surface area contributed by atoms with Crippen molar-refractivity contribution in [1.82, 2.24) is 97.6 Å². The number of amides is 17. The molecule has 9 rings (SSSR count). The number of primary amides is 2. The van der Waals surface area contributed by atoms with Gasteiger partial charge in [-0.25, -0.2) is 4.98 Å². The number of phenolic OH excluding ortho intramolecular Hbond substituents is 1. The minimum Gasteiger partial charge on any atom is -0.508 e. The molecule has 720 valence electrons. The van der Waals surface area contributed by atoms with Gasteiger partial charge in [0.2, 0.25) is 100 Å². The van der Waals surface area contributed by atoms with Gasteiger partial charge in [0.1, 0.15) is 90.3 Å². The third kappa shape index (κ3) is 28.5. The highest BCUT2D eigenvalue weighted by atomic mass is 32.2. The van der Waals surface area contributed by atoms with Crippen molar-refractivity contribution in [2.24, 2.45) is 17.2 Å². The van der Waals surface area contributed by atoms with Crippen molar-refractivity contribution in [2.75, 3.05) is 58.8 Å². The van der Waals surface area contributed by atoms with Crippen LogP contribution in [-0.2, 0) is 112 Å². The lowest BCUT2D eigenvalue weighted by atomic mass is 9.99. The number of unbranched alkanes of at least 4 members (excludes halogenated alkanes) is 3. The van der Waals surface area contributed by atoms with Crippen molar-refractivity contribution >= 4 is 140 Å². The number of aromatic hydroxyl groups is 1. The van der Waals surface area contributed by atoms with Gasteiger partial charge in [-0.15, -0.1) is 11.8 Å². The molecular weight excluding hydrogens is 1750 g/mol. The zero-order chi connectivity index (χ0) is 97.0. The summed E-state index contributed by atoms with van der Waals surface area (Å²) in [6.07, 6.45) is 2.92. The van der Waals surface area contributed by atoms with Crippen LogP contribution in [0.2, 0.25) is 0 Å². The molecule has 133 heavy (non-hydrogen) atoms. The second kappa shape index (κ2) is 49.1. The molecule has 6 aromatic rings. The van der Waals surface area contributed by atoms with E-state index in [4.69, 9.17) is 17.2 Å². The van der Waals surface area contributed by atoms with Crippen LogP contribution in [0.3, 0.4) is 0 Å². The van der Waals surface area contributed by atoms with Crippen LogP contribution >= 0.6 is 11.8 Å². The van der Waals surface area contributed by atoms with Crippen LogP contribution in [0.4, 0.5) is 0 Å². The van der Waals surface area contributed by atoms with Crippen molar-refractivity contribution in [1.29, 1.82) is 0 Å². The average molecular weight is 1870 g/mol. The Kier molecular flexibility index (Phi) is 38.1. The number of aromatic amines is 3. The quantitative estimate of drug-likeness (QED) is 0.0261. The molecule has 3 saturated heterocycles. The fraction of sp³-hybridized carbons (Fsp3) is 0.517. The largest absolute Gasteiger partial charge is 0.508 e. The fourth-order valence-corrected chi connectivity index (χ4v) is 17.2. The van der Waals surface area contributed by atoms with E-state index in [1.807, 2.05) is 13.8 Å². The second-order valence-electron chi connectivity index (χ2n) is 33.7. The average Bonchev–Trinajstić information content (AvgIpc) is 1.57. The number of fused-ring (bicyclic) bond motifs is 4. The van der Waals surface area contributed by atoms with Crippen LogP contribution < -0.4 is 70.4 Å². The fourth-order valence-electron chi connectivity index (χ4n) is 16.4. The molecule has 0 bridgehead atoms. The summed E-state index contributed by atoms with van der Waals surface area (Å²) >= 11 is 0.768. The van der Waals surface area contributed by atoms with E-state index in [9.17, 15) is 68.1 Å². The number of rotatable bonds is 25. The molecular formula is C89H122N22O21S. The van der Waals surface area contributed by atoms with Gasteiger partial charge in [-0.2, -0.15) is 0 Å². The number of aliphatic hydroxyl groups is 1. The second-order valence-corrected chi connectivity index (χ2v) is 34.7. The van der Waals surface area contributed by atoms with Gasteiger partial charge in [0.15, 0.2) is 0 Å². The first-order chi connectivity index (χ1) is 63.4. The highest BCUT2D eigenvalue weighted by molar-refractivity contribution is 8.00. The zero-order valence-electron chi connectivity index (χ0n) is 75.4. The lowest BCUT2D eigenvalue weighted by Crippen LogP contribution is -2.61. The molecule has 22 N–H and O–H groups in total. The number of carboxylic acid groups (broad SMARTS) is 1. The van der Waals surface area contributed by atoms with Crippen LogP contribution in [0.5, 0.6) is 5.75 Å². The number of likely N-dealkylation sites (N-methyl/N-ethyl adjacent to an activating group) is 3. The summed E-state index contributed by atoms with van der Waals surface area (Å²) in [6, 6.07) is -2.34. The van der Waals surface area contributed by atoms with E-state index >= 15 is 33.6 Å². The van der Waals surface area contributed by atoms with Crippen molar-refractivity contribution in [3.8, 4) is 5.75 Å². The molecule has 3 aliphatic heterocycles. The van der Waals surface area contributed by atoms with Gasteiger partial charge in [0, 0.05) is 125 Å². The molecule has 3 aromatic heterocycles. The maximum atomic E-state index is 15.8. The summed E-state index contributed by atoms with van der Waals surface area (Å²) < 4.78 is 0. The molecule has 17 amide bonds. The van der Waals surface area contributed by atoms with Gasteiger partial charge in [0.05, 0.1) is 31.1 Å². The van der Waals surface area contributed by atoms with E-state index in [1.165, 1.54) is 81.6 Å². The first-order valence-electron chi connectivity index (χ1n) is 44.4. The minimum atomic E-state index is -1.93. The molecule has 15 atom stereocenters. The summed E-state index contributed by atoms with van der Waals surface area (Å²) in [5, 5.41) is 59.3. The van der Waals surface area contributed by atoms with Crippen molar-refractivity contribution < 1.29 is 102 Å². The topological polar surface area (TPSA) is 643 Å². The van der Waals surface area contributed by atoms with Gasteiger partial charge >= 0.3 is 5.97 Å².